The molecule has 3 nitrogen and oxygen atoms in total. The minimum atomic E-state index is -3.71. The van der Waals surface area contributed by atoms with Crippen molar-refractivity contribution in [3.8, 4) is 0 Å². The molecule has 114 valence electrons. The van der Waals surface area contributed by atoms with Gasteiger partial charge in [-0.25, -0.2) is 12.8 Å². The summed E-state index contributed by atoms with van der Waals surface area (Å²) in [5, 5.41) is 0. The van der Waals surface area contributed by atoms with Crippen LogP contribution in [-0.2, 0) is 15.9 Å². The van der Waals surface area contributed by atoms with Crippen LogP contribution in [0.4, 0.5) is 4.39 Å². The molecule has 0 bridgehead atoms. The highest BCUT2D eigenvalue weighted by atomic mass is 35.5. The maximum absolute atomic E-state index is 13.9. The molecule has 6 heteroatoms. The summed E-state index contributed by atoms with van der Waals surface area (Å²) in [5.41, 5.74) is 0.606. The van der Waals surface area contributed by atoms with E-state index in [1.165, 1.54) is 23.4 Å². The van der Waals surface area contributed by atoms with Crippen LogP contribution in [0.1, 0.15) is 38.3 Å². The third-order valence-electron chi connectivity index (χ3n) is 3.12. The molecule has 0 unspecified atom stereocenters. The number of alkyl halides is 1. The maximum Gasteiger partial charge on any atom is 0.243 e. The molecule has 0 saturated heterocycles. The first kappa shape index (κ1) is 17.4. The Morgan fingerprint density at radius 1 is 1.35 bits per heavy atom. The predicted molar refractivity (Wildman–Crippen MR) is 80.0 cm³/mol. The summed E-state index contributed by atoms with van der Waals surface area (Å²) in [6.07, 6.45) is 0.703. The Labute approximate surface area is 125 Å². The van der Waals surface area contributed by atoms with Crippen LogP contribution in [0.2, 0.25) is 0 Å². The van der Waals surface area contributed by atoms with E-state index in [2.05, 4.69) is 0 Å². The third kappa shape index (κ3) is 3.51. The van der Waals surface area contributed by atoms with Crippen molar-refractivity contribution >= 4 is 21.6 Å². The fourth-order valence-corrected chi connectivity index (χ4v) is 4.22. The molecule has 0 amide bonds. The summed E-state index contributed by atoms with van der Waals surface area (Å²) >= 11 is 5.70. The lowest BCUT2D eigenvalue weighted by atomic mass is 10.1. The van der Waals surface area contributed by atoms with Gasteiger partial charge in [0.2, 0.25) is 10.0 Å². The average molecular weight is 322 g/mol. The Hall–Kier alpha value is -0.650. The molecule has 0 radical (unpaired) electrons. The molecule has 1 aromatic rings. The Bertz CT molecular complexity index is 573. The molecular weight excluding hydrogens is 301 g/mol. The monoisotopic (exact) mass is 321 g/mol. The molecule has 1 rings (SSSR count). The zero-order chi connectivity index (χ0) is 15.5. The van der Waals surface area contributed by atoms with Crippen LogP contribution in [0.15, 0.2) is 17.0 Å². The largest absolute Gasteiger partial charge is 0.243 e. The maximum atomic E-state index is 13.9. The molecule has 0 atom stereocenters. The van der Waals surface area contributed by atoms with Crippen LogP contribution in [0.25, 0.3) is 0 Å². The molecular formula is C14H21ClFNO2S. The fourth-order valence-electron chi connectivity index (χ4n) is 2.05. The summed E-state index contributed by atoms with van der Waals surface area (Å²) < 4.78 is 40.7. The Morgan fingerprint density at radius 2 is 1.95 bits per heavy atom. The van der Waals surface area contributed by atoms with Crippen molar-refractivity contribution in [3.63, 3.8) is 0 Å². The van der Waals surface area contributed by atoms with Crippen molar-refractivity contribution < 1.29 is 12.8 Å². The zero-order valence-electron chi connectivity index (χ0n) is 12.3. The van der Waals surface area contributed by atoms with Crippen molar-refractivity contribution in [2.45, 2.75) is 50.9 Å². The standard InChI is InChI=1S/C14H21ClFNO2S/c1-5-6-17(10(2)3)20(18,19)14-8-12(9-15)7-13(16)11(14)4/h7-8,10H,5-6,9H2,1-4H3. The average Bonchev–Trinajstić information content (AvgIpc) is 2.37. The highest BCUT2D eigenvalue weighted by molar-refractivity contribution is 7.89. The van der Waals surface area contributed by atoms with Crippen LogP contribution in [0, 0.1) is 12.7 Å². The van der Waals surface area contributed by atoms with Gasteiger partial charge < -0.3 is 0 Å². The van der Waals surface area contributed by atoms with E-state index < -0.39 is 15.8 Å². The molecule has 0 aliphatic rings. The molecule has 0 spiro atoms. The Balaban J connectivity index is 3.44. The van der Waals surface area contributed by atoms with Gasteiger partial charge in [0.25, 0.3) is 0 Å². The number of halogens is 2. The smallest absolute Gasteiger partial charge is 0.207 e. The van der Waals surface area contributed by atoms with Crippen molar-refractivity contribution in [2.75, 3.05) is 6.54 Å². The summed E-state index contributed by atoms with van der Waals surface area (Å²) in [5.74, 6) is -0.461. The first-order valence-corrected chi connectivity index (χ1v) is 8.60. The van der Waals surface area contributed by atoms with Crippen molar-refractivity contribution in [3.05, 3.63) is 29.1 Å². The normalized spacial score (nSPS) is 12.4. The minimum absolute atomic E-state index is 0.00954. The van der Waals surface area contributed by atoms with Gasteiger partial charge in [0.1, 0.15) is 5.82 Å². The number of hydrogen-bond acceptors (Lipinski definition) is 2. The third-order valence-corrected chi connectivity index (χ3v) is 5.63. The van der Waals surface area contributed by atoms with Gasteiger partial charge in [-0.3, -0.25) is 0 Å². The molecule has 0 saturated carbocycles. The summed E-state index contributed by atoms with van der Waals surface area (Å²) in [4.78, 5) is 0.00954. The zero-order valence-corrected chi connectivity index (χ0v) is 13.9. The molecule has 1 aromatic carbocycles. The van der Waals surface area contributed by atoms with Crippen molar-refractivity contribution in [1.82, 2.24) is 4.31 Å². The van der Waals surface area contributed by atoms with Gasteiger partial charge in [-0.05, 0) is 44.9 Å². The van der Waals surface area contributed by atoms with Gasteiger partial charge in [-0.2, -0.15) is 4.31 Å². The molecule has 0 aromatic heterocycles. The van der Waals surface area contributed by atoms with E-state index in [1.54, 1.807) is 0 Å². The van der Waals surface area contributed by atoms with Crippen LogP contribution in [0.3, 0.4) is 0 Å². The lowest BCUT2D eigenvalue weighted by molar-refractivity contribution is 0.353. The van der Waals surface area contributed by atoms with Crippen molar-refractivity contribution in [1.29, 1.82) is 0 Å². The highest BCUT2D eigenvalue weighted by Gasteiger charge is 2.29. The minimum Gasteiger partial charge on any atom is -0.207 e. The first-order valence-electron chi connectivity index (χ1n) is 6.62. The molecule has 0 fully saturated rings. The van der Waals surface area contributed by atoms with Gasteiger partial charge in [0.15, 0.2) is 0 Å². The summed E-state index contributed by atoms with van der Waals surface area (Å²) in [6, 6.07) is 2.56. The van der Waals surface area contributed by atoms with Crippen molar-refractivity contribution in [2.24, 2.45) is 0 Å². The SMILES string of the molecule is CCCN(C(C)C)S(=O)(=O)c1cc(CCl)cc(F)c1C. The number of hydrogen-bond donors (Lipinski definition) is 0. The number of sulfonamides is 1. The van der Waals surface area contributed by atoms with E-state index >= 15 is 0 Å². The second kappa shape index (κ2) is 6.87. The number of rotatable bonds is 6. The lowest BCUT2D eigenvalue weighted by Crippen LogP contribution is -2.38. The van der Waals surface area contributed by atoms with E-state index in [0.717, 1.165) is 0 Å². The lowest BCUT2D eigenvalue weighted by Gasteiger charge is -2.26. The highest BCUT2D eigenvalue weighted by Crippen LogP contribution is 2.26. The molecule has 0 aliphatic carbocycles. The van der Waals surface area contributed by atoms with Crippen LogP contribution >= 0.6 is 11.6 Å². The predicted octanol–water partition coefficient (Wildman–Crippen LogP) is 3.68. The van der Waals surface area contributed by atoms with Gasteiger partial charge in [-0.1, -0.05) is 6.92 Å². The van der Waals surface area contributed by atoms with Gasteiger partial charge in [0.05, 0.1) is 4.90 Å². The van der Waals surface area contributed by atoms with E-state index in [0.29, 0.717) is 18.5 Å². The fraction of sp³-hybridized carbons (Fsp3) is 0.571. The van der Waals surface area contributed by atoms with Crippen LogP contribution in [0.5, 0.6) is 0 Å². The number of benzene rings is 1. The molecule has 0 N–H and O–H groups in total. The molecule has 0 aliphatic heterocycles. The second-order valence-electron chi connectivity index (χ2n) is 5.04. The summed E-state index contributed by atoms with van der Waals surface area (Å²) in [7, 11) is -3.71. The van der Waals surface area contributed by atoms with E-state index in [4.69, 9.17) is 11.6 Å². The molecule has 20 heavy (non-hydrogen) atoms. The van der Waals surface area contributed by atoms with E-state index in [1.807, 2.05) is 20.8 Å². The molecule has 0 heterocycles. The Morgan fingerprint density at radius 3 is 2.40 bits per heavy atom. The van der Waals surface area contributed by atoms with E-state index in [-0.39, 0.29) is 22.4 Å². The van der Waals surface area contributed by atoms with Gasteiger partial charge in [0, 0.05) is 24.0 Å². The Kier molecular flexibility index (Phi) is 5.98. The van der Waals surface area contributed by atoms with Crippen LogP contribution < -0.4 is 0 Å². The van der Waals surface area contributed by atoms with E-state index in [9.17, 15) is 12.8 Å². The van der Waals surface area contributed by atoms with Gasteiger partial charge >= 0.3 is 0 Å². The summed E-state index contributed by atoms with van der Waals surface area (Å²) in [6.45, 7) is 7.42. The quantitative estimate of drug-likeness (QED) is 0.749. The first-order chi connectivity index (χ1) is 9.25. The second-order valence-corrected chi connectivity index (χ2v) is 7.17. The number of nitrogens with zero attached hydrogens (tertiary/aromatic N) is 1. The topological polar surface area (TPSA) is 37.4 Å². The van der Waals surface area contributed by atoms with Crippen LogP contribution in [-0.4, -0.2) is 25.3 Å². The van der Waals surface area contributed by atoms with Gasteiger partial charge in [-0.15, -0.1) is 11.6 Å².